The highest BCUT2D eigenvalue weighted by molar-refractivity contribution is 5.93. The molecule has 0 saturated carbocycles. The first-order chi connectivity index (χ1) is 5.99. The van der Waals surface area contributed by atoms with E-state index in [-0.39, 0.29) is 0 Å². The second-order valence-corrected chi connectivity index (χ2v) is 2.66. The van der Waals surface area contributed by atoms with Gasteiger partial charge in [-0.2, -0.15) is 0 Å². The molecule has 0 unspecified atom stereocenters. The fraction of sp³-hybridized carbons (Fsp3) is 0.375. The van der Waals surface area contributed by atoms with Gasteiger partial charge in [0, 0.05) is 27.2 Å². The minimum absolute atomic E-state index is 0.420. The molecule has 1 N–H and O–H groups in total. The maximum absolute atomic E-state index is 10.7. The molecular formula is C8H12N2O3. The lowest BCUT2D eigenvalue weighted by Crippen LogP contribution is -2.02. The van der Waals surface area contributed by atoms with Crippen LogP contribution in [0.3, 0.4) is 0 Å². The lowest BCUT2D eigenvalue weighted by molar-refractivity contribution is -0.113. The Morgan fingerprint density at radius 3 is 2.31 bits per heavy atom. The van der Waals surface area contributed by atoms with Crippen molar-refractivity contribution >= 4 is 5.78 Å². The number of aliphatic hydroxyl groups excluding tert-OH is 1. The average molecular weight is 184 g/mol. The van der Waals surface area contributed by atoms with Crippen LogP contribution in [-0.2, 0) is 4.79 Å². The number of hydrogen-bond acceptors (Lipinski definition) is 5. The van der Waals surface area contributed by atoms with Crippen molar-refractivity contribution in [3.05, 3.63) is 28.6 Å². The van der Waals surface area contributed by atoms with Crippen molar-refractivity contribution in [1.82, 2.24) is 4.90 Å². The van der Waals surface area contributed by atoms with Gasteiger partial charge in [-0.25, -0.2) is 0 Å². The van der Waals surface area contributed by atoms with E-state index < -0.39 is 17.2 Å². The van der Waals surface area contributed by atoms with Gasteiger partial charge in [-0.05, 0) is 11.3 Å². The Kier molecular flexibility index (Phi) is 4.43. The first-order valence-electron chi connectivity index (χ1n) is 3.61. The lowest BCUT2D eigenvalue weighted by Gasteiger charge is -2.02. The fourth-order valence-electron chi connectivity index (χ4n) is 0.590. The van der Waals surface area contributed by atoms with Gasteiger partial charge in [0.25, 0.3) is 0 Å². The molecule has 0 saturated heterocycles. The van der Waals surface area contributed by atoms with Gasteiger partial charge in [0.05, 0.1) is 0 Å². The van der Waals surface area contributed by atoms with Crippen molar-refractivity contribution in [2.45, 2.75) is 6.92 Å². The Morgan fingerprint density at radius 1 is 1.46 bits per heavy atom. The molecular weight excluding hydrogens is 172 g/mol. The summed E-state index contributed by atoms with van der Waals surface area (Å²) in [5, 5.41) is 11.6. The number of Topliss-reactive ketones (excluding diaryl/α,β-unsaturated/α-hetero) is 1. The summed E-state index contributed by atoms with van der Waals surface area (Å²) in [7, 11) is 3.48. The maximum Gasteiger partial charge on any atom is 0.192 e. The van der Waals surface area contributed by atoms with Crippen LogP contribution in [0, 0.1) is 4.91 Å². The van der Waals surface area contributed by atoms with Crippen molar-refractivity contribution < 1.29 is 9.90 Å². The molecule has 0 radical (unpaired) electrons. The minimum Gasteiger partial charge on any atom is -0.505 e. The van der Waals surface area contributed by atoms with E-state index in [0.717, 1.165) is 6.92 Å². The zero-order valence-corrected chi connectivity index (χ0v) is 7.81. The zero-order chi connectivity index (χ0) is 10.4. The summed E-state index contributed by atoms with van der Waals surface area (Å²) >= 11 is 0. The molecule has 0 fully saturated rings. The number of carbonyl (C=O) groups excluding carboxylic acids is 1. The molecule has 0 heterocycles. The number of nitroso groups, excluding NO2 is 1. The van der Waals surface area contributed by atoms with Crippen LogP contribution in [-0.4, -0.2) is 29.9 Å². The molecule has 0 atom stereocenters. The third kappa shape index (κ3) is 4.05. The Balaban J connectivity index is 4.77. The molecule has 0 aromatic rings. The normalized spacial score (nSPS) is 12.5. The lowest BCUT2D eigenvalue weighted by atomic mass is 10.3. The summed E-state index contributed by atoms with van der Waals surface area (Å²) in [6.45, 7) is 1.16. The first kappa shape index (κ1) is 11.4. The van der Waals surface area contributed by atoms with Gasteiger partial charge in [-0.3, -0.25) is 4.79 Å². The highest BCUT2D eigenvalue weighted by Crippen LogP contribution is 2.05. The standard InChI is InChI=1S/C8H12N2O3/c1-6(11)8(9-13)7(12)4-5-10(2)3/h4-5,12H,1-3H3/b5-4+,8-7+. The quantitative estimate of drug-likeness (QED) is 0.308. The van der Waals surface area contributed by atoms with Crippen LogP contribution in [0.25, 0.3) is 0 Å². The monoisotopic (exact) mass is 184 g/mol. The molecule has 0 amide bonds. The van der Waals surface area contributed by atoms with Crippen LogP contribution < -0.4 is 0 Å². The van der Waals surface area contributed by atoms with E-state index in [1.165, 1.54) is 12.3 Å². The van der Waals surface area contributed by atoms with Crippen LogP contribution in [0.2, 0.25) is 0 Å². The van der Waals surface area contributed by atoms with Gasteiger partial charge in [0.1, 0.15) is 5.76 Å². The Bertz CT molecular complexity index is 267. The zero-order valence-electron chi connectivity index (χ0n) is 7.81. The molecule has 0 aliphatic rings. The number of aliphatic hydroxyl groups is 1. The molecule has 72 valence electrons. The van der Waals surface area contributed by atoms with Gasteiger partial charge in [-0.1, -0.05) is 0 Å². The Hall–Kier alpha value is -1.65. The third-order valence-electron chi connectivity index (χ3n) is 1.20. The van der Waals surface area contributed by atoms with Gasteiger partial charge in [0.2, 0.25) is 0 Å². The molecule has 0 aliphatic carbocycles. The summed E-state index contributed by atoms with van der Waals surface area (Å²) in [4.78, 5) is 22.4. The van der Waals surface area contributed by atoms with Crippen molar-refractivity contribution in [3.8, 4) is 0 Å². The second kappa shape index (κ2) is 5.08. The van der Waals surface area contributed by atoms with E-state index in [1.54, 1.807) is 19.0 Å². The summed E-state index contributed by atoms with van der Waals surface area (Å²) < 4.78 is 0. The number of carbonyl (C=O) groups is 1. The largest absolute Gasteiger partial charge is 0.505 e. The van der Waals surface area contributed by atoms with Crippen LogP contribution in [0.1, 0.15) is 6.92 Å². The van der Waals surface area contributed by atoms with Crippen LogP contribution in [0.5, 0.6) is 0 Å². The predicted octanol–water partition coefficient (Wildman–Crippen LogP) is 1.19. The highest BCUT2D eigenvalue weighted by Gasteiger charge is 2.08. The maximum atomic E-state index is 10.7. The van der Waals surface area contributed by atoms with E-state index in [1.807, 2.05) is 0 Å². The first-order valence-corrected chi connectivity index (χ1v) is 3.61. The van der Waals surface area contributed by atoms with Crippen molar-refractivity contribution in [3.63, 3.8) is 0 Å². The van der Waals surface area contributed by atoms with Gasteiger partial charge in [0.15, 0.2) is 11.5 Å². The molecule has 0 rings (SSSR count). The van der Waals surface area contributed by atoms with E-state index >= 15 is 0 Å². The van der Waals surface area contributed by atoms with Crippen LogP contribution in [0.4, 0.5) is 0 Å². The topological polar surface area (TPSA) is 70.0 Å². The third-order valence-corrected chi connectivity index (χ3v) is 1.20. The summed E-state index contributed by atoms with van der Waals surface area (Å²) in [5.74, 6) is -0.980. The van der Waals surface area contributed by atoms with Gasteiger partial charge in [-0.15, -0.1) is 4.91 Å². The molecule has 0 aliphatic heterocycles. The summed E-state index contributed by atoms with van der Waals surface area (Å²) in [5.41, 5.74) is -0.460. The highest BCUT2D eigenvalue weighted by atomic mass is 16.3. The average Bonchev–Trinajstić information content (AvgIpc) is 2.01. The van der Waals surface area contributed by atoms with Gasteiger partial charge >= 0.3 is 0 Å². The minimum atomic E-state index is -0.559. The summed E-state index contributed by atoms with van der Waals surface area (Å²) in [6, 6.07) is 0. The molecule has 13 heavy (non-hydrogen) atoms. The SMILES string of the molecule is CC(=O)/C(N=O)=C(O)/C=C/N(C)C. The molecule has 5 heteroatoms. The van der Waals surface area contributed by atoms with Gasteiger partial charge < -0.3 is 10.0 Å². The van der Waals surface area contributed by atoms with E-state index in [4.69, 9.17) is 0 Å². The molecule has 0 bridgehead atoms. The predicted molar refractivity (Wildman–Crippen MR) is 49.0 cm³/mol. The fourth-order valence-corrected chi connectivity index (χ4v) is 0.590. The van der Waals surface area contributed by atoms with Crippen molar-refractivity contribution in [2.75, 3.05) is 14.1 Å². The Morgan fingerprint density at radius 2 is 2.00 bits per heavy atom. The van der Waals surface area contributed by atoms with Crippen molar-refractivity contribution in [1.29, 1.82) is 0 Å². The smallest absolute Gasteiger partial charge is 0.192 e. The van der Waals surface area contributed by atoms with Crippen LogP contribution >= 0.6 is 0 Å². The van der Waals surface area contributed by atoms with Crippen LogP contribution in [0.15, 0.2) is 28.9 Å². The number of allylic oxidation sites excluding steroid dienone is 2. The number of rotatable bonds is 4. The van der Waals surface area contributed by atoms with E-state index in [2.05, 4.69) is 5.18 Å². The molecule has 0 aromatic heterocycles. The van der Waals surface area contributed by atoms with E-state index in [0.29, 0.717) is 0 Å². The molecule has 0 spiro atoms. The second-order valence-electron chi connectivity index (χ2n) is 2.66. The molecule has 0 aromatic carbocycles. The number of hydrogen-bond donors (Lipinski definition) is 1. The Labute approximate surface area is 76.3 Å². The van der Waals surface area contributed by atoms with E-state index in [9.17, 15) is 14.8 Å². The summed E-state index contributed by atoms with van der Waals surface area (Å²) in [6.07, 6.45) is 2.74. The van der Waals surface area contributed by atoms with Crippen molar-refractivity contribution in [2.24, 2.45) is 5.18 Å². The number of nitrogens with zero attached hydrogens (tertiary/aromatic N) is 2. The number of ketones is 1. The molecule has 5 nitrogen and oxygen atoms in total.